The van der Waals surface area contributed by atoms with Gasteiger partial charge in [-0.25, -0.2) is 4.98 Å². The lowest BCUT2D eigenvalue weighted by Crippen LogP contribution is -2.40. The lowest BCUT2D eigenvalue weighted by molar-refractivity contribution is -0.134. The summed E-state index contributed by atoms with van der Waals surface area (Å²) in [6.07, 6.45) is 6.78. The summed E-state index contributed by atoms with van der Waals surface area (Å²) in [6, 6.07) is 16.8. The average Bonchev–Trinajstić information content (AvgIpc) is 2.84. The molecule has 3 aromatic rings. The second-order valence-corrected chi connectivity index (χ2v) is 9.49. The summed E-state index contributed by atoms with van der Waals surface area (Å²) in [5.41, 5.74) is 1.35. The van der Waals surface area contributed by atoms with Crippen LogP contribution in [0.5, 0.6) is 0 Å². The summed E-state index contributed by atoms with van der Waals surface area (Å²) >= 11 is 0. The Labute approximate surface area is 203 Å². The Hall–Kier alpha value is -2.95. The minimum absolute atomic E-state index is 0.0956. The Morgan fingerprint density at radius 3 is 2.29 bits per heavy atom. The number of rotatable bonds is 12. The Kier molecular flexibility index (Phi) is 9.43. The zero-order chi connectivity index (χ0) is 24.5. The molecule has 5 nitrogen and oxygen atoms in total. The Balaban J connectivity index is 2.07. The van der Waals surface area contributed by atoms with E-state index < -0.39 is 0 Å². The van der Waals surface area contributed by atoms with Crippen LogP contribution in [0.3, 0.4) is 0 Å². The fraction of sp³-hybridized carbons (Fsp3) is 0.483. The van der Waals surface area contributed by atoms with Crippen molar-refractivity contribution in [1.82, 2.24) is 14.5 Å². The number of carbonyl (C=O) groups is 1. The molecule has 0 fully saturated rings. The number of hydrogen-bond donors (Lipinski definition) is 0. The molecular weight excluding hydrogens is 422 g/mol. The predicted octanol–water partition coefficient (Wildman–Crippen LogP) is 6.68. The van der Waals surface area contributed by atoms with Crippen molar-refractivity contribution in [3.63, 3.8) is 0 Å². The Bertz CT molecular complexity index is 1120. The van der Waals surface area contributed by atoms with E-state index in [2.05, 4.69) is 27.7 Å². The lowest BCUT2D eigenvalue weighted by atomic mass is 10.1. The summed E-state index contributed by atoms with van der Waals surface area (Å²) in [5.74, 6) is 1.10. The summed E-state index contributed by atoms with van der Waals surface area (Å²) < 4.78 is 1.71. The van der Waals surface area contributed by atoms with Crippen LogP contribution < -0.4 is 5.56 Å². The summed E-state index contributed by atoms with van der Waals surface area (Å²) in [4.78, 5) is 34.1. The molecule has 0 spiro atoms. The molecule has 1 unspecified atom stereocenters. The number of benzene rings is 2. The molecule has 0 radical (unpaired) electrons. The van der Waals surface area contributed by atoms with Gasteiger partial charge in [-0.3, -0.25) is 14.2 Å². The molecule has 1 aromatic heterocycles. The molecule has 1 atom stereocenters. The van der Waals surface area contributed by atoms with Gasteiger partial charge in [0.2, 0.25) is 5.91 Å². The van der Waals surface area contributed by atoms with Gasteiger partial charge in [-0.1, -0.05) is 83.7 Å². The normalized spacial score (nSPS) is 12.3. The van der Waals surface area contributed by atoms with E-state index in [0.717, 1.165) is 18.5 Å². The largest absolute Gasteiger partial charge is 0.332 e. The highest BCUT2D eigenvalue weighted by molar-refractivity contribution is 5.79. The molecule has 0 saturated heterocycles. The van der Waals surface area contributed by atoms with Crippen LogP contribution in [0.4, 0.5) is 0 Å². The number of aromatic nitrogens is 2. The molecule has 0 aliphatic rings. The minimum Gasteiger partial charge on any atom is -0.332 e. The quantitative estimate of drug-likeness (QED) is 0.283. The minimum atomic E-state index is -0.275. The molecule has 2 aromatic carbocycles. The first-order valence-electron chi connectivity index (χ1n) is 12.8. The smallest absolute Gasteiger partial charge is 0.266 e. The maximum Gasteiger partial charge on any atom is 0.266 e. The fourth-order valence-electron chi connectivity index (χ4n) is 4.56. The van der Waals surface area contributed by atoms with Gasteiger partial charge in [0.05, 0.1) is 22.6 Å². The van der Waals surface area contributed by atoms with E-state index in [9.17, 15) is 9.59 Å². The van der Waals surface area contributed by atoms with Crippen LogP contribution in [0.25, 0.3) is 16.6 Å². The number of hydrogen-bond acceptors (Lipinski definition) is 3. The van der Waals surface area contributed by atoms with Crippen molar-refractivity contribution in [2.24, 2.45) is 5.92 Å². The van der Waals surface area contributed by atoms with Gasteiger partial charge in [-0.2, -0.15) is 0 Å². The predicted molar refractivity (Wildman–Crippen MR) is 140 cm³/mol. The van der Waals surface area contributed by atoms with E-state index in [1.54, 1.807) is 4.57 Å². The molecule has 34 heavy (non-hydrogen) atoms. The van der Waals surface area contributed by atoms with Gasteiger partial charge in [0, 0.05) is 13.0 Å². The molecule has 182 valence electrons. The molecule has 1 amide bonds. The number of fused-ring (bicyclic) bond motifs is 1. The van der Waals surface area contributed by atoms with Gasteiger partial charge in [-0.15, -0.1) is 0 Å². The van der Waals surface area contributed by atoms with Crippen LogP contribution in [0, 0.1) is 5.92 Å². The third-order valence-electron chi connectivity index (χ3n) is 6.25. The number of amides is 1. The first-order chi connectivity index (χ1) is 16.5. The van der Waals surface area contributed by atoms with Gasteiger partial charge in [0.25, 0.3) is 5.56 Å². The molecule has 0 aliphatic heterocycles. The standard InChI is InChI=1S/C29H39N3O2/c1-5-7-8-9-13-20-27(33)31(21-22(3)4)26(6-2)28-30-25-19-15-14-18-24(25)29(34)32(28)23-16-11-10-12-17-23/h10-12,14-19,22,26H,5-9,13,20-21H2,1-4H3. The van der Waals surface area contributed by atoms with E-state index in [4.69, 9.17) is 4.98 Å². The van der Waals surface area contributed by atoms with Gasteiger partial charge in [0.1, 0.15) is 5.82 Å². The second-order valence-electron chi connectivity index (χ2n) is 9.49. The SMILES string of the molecule is CCCCCCCC(=O)N(CC(C)C)C(CC)c1nc2ccccc2c(=O)n1-c1ccccc1. The molecule has 0 N–H and O–H groups in total. The number of unbranched alkanes of at least 4 members (excludes halogenated alkanes) is 4. The van der Waals surface area contributed by atoms with Gasteiger partial charge >= 0.3 is 0 Å². The Morgan fingerprint density at radius 2 is 1.62 bits per heavy atom. The topological polar surface area (TPSA) is 55.2 Å². The van der Waals surface area contributed by atoms with Gasteiger partial charge < -0.3 is 4.90 Å². The van der Waals surface area contributed by atoms with Crippen LogP contribution in [-0.4, -0.2) is 26.9 Å². The van der Waals surface area contributed by atoms with Crippen molar-refractivity contribution >= 4 is 16.8 Å². The van der Waals surface area contributed by atoms with E-state index in [1.807, 2.05) is 59.5 Å². The fourth-order valence-corrected chi connectivity index (χ4v) is 4.56. The molecule has 1 heterocycles. The first kappa shape index (κ1) is 25.7. The number of para-hydroxylation sites is 2. The van der Waals surface area contributed by atoms with E-state index in [-0.39, 0.29) is 17.5 Å². The van der Waals surface area contributed by atoms with Crippen LogP contribution >= 0.6 is 0 Å². The summed E-state index contributed by atoms with van der Waals surface area (Å²) in [6.45, 7) is 9.18. The molecular formula is C29H39N3O2. The number of nitrogens with zero attached hydrogens (tertiary/aromatic N) is 3. The highest BCUT2D eigenvalue weighted by Crippen LogP contribution is 2.28. The third kappa shape index (κ3) is 6.13. The molecule has 3 rings (SSSR count). The van der Waals surface area contributed by atoms with Crippen molar-refractivity contribution in [2.45, 2.75) is 78.7 Å². The van der Waals surface area contributed by atoms with Crippen molar-refractivity contribution in [3.8, 4) is 5.69 Å². The van der Waals surface area contributed by atoms with Crippen molar-refractivity contribution in [1.29, 1.82) is 0 Å². The Morgan fingerprint density at radius 1 is 0.941 bits per heavy atom. The van der Waals surface area contributed by atoms with Crippen molar-refractivity contribution in [2.75, 3.05) is 6.54 Å². The molecule has 0 saturated carbocycles. The van der Waals surface area contributed by atoms with Crippen LogP contribution in [0.15, 0.2) is 59.4 Å². The highest BCUT2D eigenvalue weighted by atomic mass is 16.2. The zero-order valence-electron chi connectivity index (χ0n) is 21.2. The molecule has 5 heteroatoms. The second kappa shape index (κ2) is 12.5. The average molecular weight is 462 g/mol. The van der Waals surface area contributed by atoms with Crippen LogP contribution in [0.2, 0.25) is 0 Å². The summed E-state index contributed by atoms with van der Waals surface area (Å²) in [5, 5.41) is 0.586. The van der Waals surface area contributed by atoms with Gasteiger partial charge in [0.15, 0.2) is 0 Å². The van der Waals surface area contributed by atoms with Crippen molar-refractivity contribution < 1.29 is 4.79 Å². The van der Waals surface area contributed by atoms with Crippen molar-refractivity contribution in [3.05, 3.63) is 70.8 Å². The summed E-state index contributed by atoms with van der Waals surface area (Å²) in [7, 11) is 0. The van der Waals surface area contributed by atoms with E-state index in [0.29, 0.717) is 42.0 Å². The monoisotopic (exact) mass is 461 g/mol. The lowest BCUT2D eigenvalue weighted by Gasteiger charge is -2.33. The third-order valence-corrected chi connectivity index (χ3v) is 6.25. The maximum atomic E-state index is 13.7. The molecule has 0 bridgehead atoms. The highest BCUT2D eigenvalue weighted by Gasteiger charge is 2.29. The maximum absolute atomic E-state index is 13.7. The number of carbonyl (C=O) groups excluding carboxylic acids is 1. The van der Waals surface area contributed by atoms with Crippen LogP contribution in [0.1, 0.15) is 84.5 Å². The molecule has 0 aliphatic carbocycles. The van der Waals surface area contributed by atoms with E-state index >= 15 is 0 Å². The van der Waals surface area contributed by atoms with E-state index in [1.165, 1.54) is 19.3 Å². The van der Waals surface area contributed by atoms with Crippen LogP contribution in [-0.2, 0) is 4.79 Å². The first-order valence-corrected chi connectivity index (χ1v) is 12.8. The van der Waals surface area contributed by atoms with Gasteiger partial charge in [-0.05, 0) is 43.0 Å². The zero-order valence-corrected chi connectivity index (χ0v) is 21.2.